The van der Waals surface area contributed by atoms with E-state index in [4.69, 9.17) is 5.11 Å². The highest BCUT2D eigenvalue weighted by Gasteiger charge is 2.19. The van der Waals surface area contributed by atoms with Crippen molar-refractivity contribution in [2.45, 2.75) is 60.4 Å². The fourth-order valence-corrected chi connectivity index (χ4v) is 3.05. The monoisotopic (exact) mass is 277 g/mol. The van der Waals surface area contributed by atoms with Gasteiger partial charge in [0.2, 0.25) is 0 Å². The molecule has 0 aliphatic heterocycles. The maximum absolute atomic E-state index is 8.96. The van der Waals surface area contributed by atoms with E-state index in [0.29, 0.717) is 6.04 Å². The Hall–Kier alpha value is -0.860. The number of aryl methyl sites for hydroxylation is 3. The third kappa shape index (κ3) is 4.92. The van der Waals surface area contributed by atoms with Gasteiger partial charge < -0.3 is 10.4 Å². The SMILES string of the molecule is Cc1cc(C)c(C(C)NCC(C)(C)CCCO)c(C)c1. The van der Waals surface area contributed by atoms with Gasteiger partial charge in [0.15, 0.2) is 0 Å². The molecule has 2 heteroatoms. The van der Waals surface area contributed by atoms with Crippen LogP contribution in [0.3, 0.4) is 0 Å². The molecule has 2 nitrogen and oxygen atoms in total. The van der Waals surface area contributed by atoms with Crippen LogP contribution in [0.15, 0.2) is 12.1 Å². The van der Waals surface area contributed by atoms with Crippen molar-refractivity contribution in [3.05, 3.63) is 34.4 Å². The predicted octanol–water partition coefficient (Wildman–Crippen LogP) is 4.06. The molecule has 0 aromatic heterocycles. The van der Waals surface area contributed by atoms with Gasteiger partial charge in [-0.15, -0.1) is 0 Å². The first-order valence-corrected chi connectivity index (χ1v) is 7.69. The number of benzene rings is 1. The summed E-state index contributed by atoms with van der Waals surface area (Å²) in [5.74, 6) is 0. The Balaban J connectivity index is 2.70. The normalized spacial score (nSPS) is 13.6. The summed E-state index contributed by atoms with van der Waals surface area (Å²) in [6.45, 7) is 14.6. The minimum absolute atomic E-state index is 0.226. The van der Waals surface area contributed by atoms with Crippen LogP contribution in [0.25, 0.3) is 0 Å². The second-order valence-electron chi connectivity index (χ2n) is 6.91. The van der Waals surface area contributed by atoms with Crippen LogP contribution in [0.4, 0.5) is 0 Å². The van der Waals surface area contributed by atoms with Crippen LogP contribution in [0.2, 0.25) is 0 Å². The third-order valence-corrected chi connectivity index (χ3v) is 4.07. The van der Waals surface area contributed by atoms with E-state index >= 15 is 0 Å². The molecule has 0 radical (unpaired) electrons. The van der Waals surface area contributed by atoms with Crippen molar-refractivity contribution >= 4 is 0 Å². The zero-order valence-electron chi connectivity index (χ0n) is 14.0. The molecule has 0 bridgehead atoms. The Kier molecular flexibility index (Phi) is 6.22. The lowest BCUT2D eigenvalue weighted by Crippen LogP contribution is -2.32. The maximum atomic E-state index is 8.96. The van der Waals surface area contributed by atoms with E-state index in [-0.39, 0.29) is 12.0 Å². The molecule has 0 heterocycles. The smallest absolute Gasteiger partial charge is 0.0431 e. The van der Waals surface area contributed by atoms with Gasteiger partial charge in [0, 0.05) is 19.2 Å². The van der Waals surface area contributed by atoms with E-state index in [1.54, 1.807) is 0 Å². The summed E-state index contributed by atoms with van der Waals surface area (Å²) in [4.78, 5) is 0. The highest BCUT2D eigenvalue weighted by Crippen LogP contribution is 2.26. The van der Waals surface area contributed by atoms with E-state index in [2.05, 4.69) is 59.0 Å². The summed E-state index contributed by atoms with van der Waals surface area (Å²) < 4.78 is 0. The lowest BCUT2D eigenvalue weighted by Gasteiger charge is -2.28. The van der Waals surface area contributed by atoms with Gasteiger partial charge in [0.25, 0.3) is 0 Å². The van der Waals surface area contributed by atoms with Gasteiger partial charge in [-0.1, -0.05) is 31.5 Å². The molecule has 114 valence electrons. The van der Waals surface area contributed by atoms with Crippen molar-refractivity contribution in [3.8, 4) is 0 Å². The molecule has 0 fully saturated rings. The standard InChI is InChI=1S/C18H31NO/c1-13-10-14(2)17(15(3)11-13)16(4)19-12-18(5,6)8-7-9-20/h10-11,16,19-20H,7-9,12H2,1-6H3. The summed E-state index contributed by atoms with van der Waals surface area (Å²) in [6, 6.07) is 4.89. The van der Waals surface area contributed by atoms with Crippen LogP contribution < -0.4 is 5.32 Å². The van der Waals surface area contributed by atoms with Crippen LogP contribution in [0.1, 0.15) is 61.9 Å². The van der Waals surface area contributed by atoms with Crippen molar-refractivity contribution in [1.82, 2.24) is 5.32 Å². The minimum atomic E-state index is 0.226. The summed E-state index contributed by atoms with van der Waals surface area (Å²) in [5.41, 5.74) is 5.72. The minimum Gasteiger partial charge on any atom is -0.396 e. The number of rotatable bonds is 7. The van der Waals surface area contributed by atoms with E-state index in [1.165, 1.54) is 22.3 Å². The van der Waals surface area contributed by atoms with Gasteiger partial charge in [0.05, 0.1) is 0 Å². The number of nitrogens with one attached hydrogen (secondary N) is 1. The number of hydrogen-bond donors (Lipinski definition) is 2. The molecular formula is C18H31NO. The Labute approximate surface area is 124 Å². The highest BCUT2D eigenvalue weighted by atomic mass is 16.2. The molecule has 1 unspecified atom stereocenters. The van der Waals surface area contributed by atoms with Gasteiger partial charge >= 0.3 is 0 Å². The molecule has 1 aromatic rings. The molecular weight excluding hydrogens is 246 g/mol. The lowest BCUT2D eigenvalue weighted by atomic mass is 9.87. The van der Waals surface area contributed by atoms with Gasteiger partial charge in [-0.05, 0) is 62.6 Å². The molecule has 0 spiro atoms. The zero-order valence-corrected chi connectivity index (χ0v) is 14.0. The third-order valence-electron chi connectivity index (χ3n) is 4.07. The summed E-state index contributed by atoms with van der Waals surface area (Å²) >= 11 is 0. The topological polar surface area (TPSA) is 32.3 Å². The fourth-order valence-electron chi connectivity index (χ4n) is 3.05. The van der Waals surface area contributed by atoms with Crippen molar-refractivity contribution < 1.29 is 5.11 Å². The van der Waals surface area contributed by atoms with Crippen molar-refractivity contribution in [2.24, 2.45) is 5.41 Å². The largest absolute Gasteiger partial charge is 0.396 e. The maximum Gasteiger partial charge on any atom is 0.0431 e. The van der Waals surface area contributed by atoms with Crippen LogP contribution >= 0.6 is 0 Å². The highest BCUT2D eigenvalue weighted by molar-refractivity contribution is 5.39. The molecule has 0 saturated heterocycles. The fraction of sp³-hybridized carbons (Fsp3) is 0.667. The van der Waals surface area contributed by atoms with E-state index < -0.39 is 0 Å². The van der Waals surface area contributed by atoms with Gasteiger partial charge in [0.1, 0.15) is 0 Å². The zero-order chi connectivity index (χ0) is 15.3. The Morgan fingerprint density at radius 3 is 2.20 bits per heavy atom. The molecule has 0 saturated carbocycles. The molecule has 0 amide bonds. The molecule has 20 heavy (non-hydrogen) atoms. The quantitative estimate of drug-likeness (QED) is 0.787. The average molecular weight is 277 g/mol. The first-order valence-electron chi connectivity index (χ1n) is 7.69. The van der Waals surface area contributed by atoms with Crippen molar-refractivity contribution in [2.75, 3.05) is 13.2 Å². The summed E-state index contributed by atoms with van der Waals surface area (Å²) in [7, 11) is 0. The van der Waals surface area contributed by atoms with E-state index in [1.807, 2.05) is 0 Å². The second kappa shape index (κ2) is 7.24. The van der Waals surface area contributed by atoms with Crippen LogP contribution in [0.5, 0.6) is 0 Å². The summed E-state index contributed by atoms with van der Waals surface area (Å²) in [5, 5.41) is 12.6. The second-order valence-corrected chi connectivity index (χ2v) is 6.91. The number of hydrogen-bond acceptors (Lipinski definition) is 2. The van der Waals surface area contributed by atoms with E-state index in [0.717, 1.165) is 19.4 Å². The van der Waals surface area contributed by atoms with Gasteiger partial charge in [-0.25, -0.2) is 0 Å². The van der Waals surface area contributed by atoms with Crippen LogP contribution in [-0.4, -0.2) is 18.3 Å². The first kappa shape index (κ1) is 17.2. The van der Waals surface area contributed by atoms with E-state index in [9.17, 15) is 0 Å². The number of aliphatic hydroxyl groups excluding tert-OH is 1. The van der Waals surface area contributed by atoms with Crippen LogP contribution in [0, 0.1) is 26.2 Å². The molecule has 0 aliphatic rings. The van der Waals surface area contributed by atoms with Crippen molar-refractivity contribution in [1.29, 1.82) is 0 Å². The Bertz CT molecular complexity index is 414. The van der Waals surface area contributed by atoms with Crippen molar-refractivity contribution in [3.63, 3.8) is 0 Å². The molecule has 0 aliphatic carbocycles. The predicted molar refractivity (Wildman–Crippen MR) is 87.2 cm³/mol. The Morgan fingerprint density at radius 1 is 1.15 bits per heavy atom. The summed E-state index contributed by atoms with van der Waals surface area (Å²) in [6.07, 6.45) is 1.93. The molecule has 2 N–H and O–H groups in total. The molecule has 1 atom stereocenters. The lowest BCUT2D eigenvalue weighted by molar-refractivity contribution is 0.233. The van der Waals surface area contributed by atoms with Crippen LogP contribution in [-0.2, 0) is 0 Å². The van der Waals surface area contributed by atoms with Gasteiger partial charge in [-0.3, -0.25) is 0 Å². The molecule has 1 aromatic carbocycles. The Morgan fingerprint density at radius 2 is 1.70 bits per heavy atom. The average Bonchev–Trinajstić information content (AvgIpc) is 2.33. The number of aliphatic hydroxyl groups is 1. The van der Waals surface area contributed by atoms with Gasteiger partial charge in [-0.2, -0.15) is 0 Å². The first-order chi connectivity index (χ1) is 9.26. The molecule has 1 rings (SSSR count).